The molecule has 2 unspecified atom stereocenters. The third-order valence-electron chi connectivity index (χ3n) is 4.20. The van der Waals surface area contributed by atoms with Crippen LogP contribution in [0, 0.1) is 11.8 Å². The largest absolute Gasteiger partial charge is 0.353 e. The average Bonchev–Trinajstić information content (AvgIpc) is 3.06. The van der Waals surface area contributed by atoms with Crippen LogP contribution < -0.4 is 10.6 Å². The van der Waals surface area contributed by atoms with Gasteiger partial charge >= 0.3 is 0 Å². The quantitative estimate of drug-likeness (QED) is 0.770. The van der Waals surface area contributed by atoms with E-state index in [-0.39, 0.29) is 0 Å². The zero-order valence-electron chi connectivity index (χ0n) is 11.2. The molecule has 0 heterocycles. The number of carbonyl (C=O) groups excluding carboxylic acids is 1. The second-order valence-corrected chi connectivity index (χ2v) is 5.83. The van der Waals surface area contributed by atoms with Crippen molar-refractivity contribution in [2.75, 3.05) is 6.54 Å². The Hall–Kier alpha value is -0.570. The van der Waals surface area contributed by atoms with E-state index in [9.17, 15) is 4.79 Å². The van der Waals surface area contributed by atoms with Crippen LogP contribution in [0.5, 0.6) is 0 Å². The lowest BCUT2D eigenvalue weighted by molar-refractivity contribution is -0.123. The highest BCUT2D eigenvalue weighted by atomic mass is 16.2. The van der Waals surface area contributed by atoms with E-state index in [0.29, 0.717) is 29.8 Å². The molecule has 2 aliphatic carbocycles. The Morgan fingerprint density at radius 3 is 2.29 bits per heavy atom. The molecule has 2 N–H and O–H groups in total. The van der Waals surface area contributed by atoms with Crippen LogP contribution in [0.15, 0.2) is 0 Å². The van der Waals surface area contributed by atoms with Gasteiger partial charge in [-0.25, -0.2) is 0 Å². The van der Waals surface area contributed by atoms with Crippen molar-refractivity contribution in [3.8, 4) is 0 Å². The van der Waals surface area contributed by atoms with Crippen LogP contribution in [0.4, 0.5) is 0 Å². The molecule has 0 aromatic rings. The predicted octanol–water partition coefficient (Wildman–Crippen LogP) is 2.07. The van der Waals surface area contributed by atoms with Crippen LogP contribution >= 0.6 is 0 Å². The molecule has 2 rings (SSSR count). The first-order valence-electron chi connectivity index (χ1n) is 7.24. The van der Waals surface area contributed by atoms with Gasteiger partial charge in [0.25, 0.3) is 0 Å². The molecule has 2 fully saturated rings. The monoisotopic (exact) mass is 238 g/mol. The molecule has 0 saturated heterocycles. The molecule has 3 nitrogen and oxygen atoms in total. The molecule has 0 aliphatic heterocycles. The SMILES string of the molecule is CCCNC1CCC(NC(=O)C2CC2C)CC1. The first-order valence-corrected chi connectivity index (χ1v) is 7.24. The molecule has 17 heavy (non-hydrogen) atoms. The van der Waals surface area contributed by atoms with Crippen LogP contribution in [0.1, 0.15) is 52.4 Å². The summed E-state index contributed by atoms with van der Waals surface area (Å²) in [5.41, 5.74) is 0. The number of hydrogen-bond donors (Lipinski definition) is 2. The van der Waals surface area contributed by atoms with E-state index in [2.05, 4.69) is 24.5 Å². The van der Waals surface area contributed by atoms with Crippen molar-refractivity contribution >= 4 is 5.91 Å². The van der Waals surface area contributed by atoms with E-state index < -0.39 is 0 Å². The second kappa shape index (κ2) is 5.85. The molecular weight excluding hydrogens is 212 g/mol. The lowest BCUT2D eigenvalue weighted by atomic mass is 9.91. The van der Waals surface area contributed by atoms with Gasteiger partial charge in [-0.15, -0.1) is 0 Å². The summed E-state index contributed by atoms with van der Waals surface area (Å²) in [7, 11) is 0. The van der Waals surface area contributed by atoms with E-state index >= 15 is 0 Å². The maximum absolute atomic E-state index is 11.8. The molecule has 1 amide bonds. The summed E-state index contributed by atoms with van der Waals surface area (Å²) in [5, 5.41) is 6.80. The van der Waals surface area contributed by atoms with Gasteiger partial charge in [-0.2, -0.15) is 0 Å². The summed E-state index contributed by atoms with van der Waals surface area (Å²) in [5.74, 6) is 1.26. The zero-order valence-corrected chi connectivity index (χ0v) is 11.2. The highest BCUT2D eigenvalue weighted by molar-refractivity contribution is 5.81. The van der Waals surface area contributed by atoms with Crippen molar-refractivity contribution in [3.05, 3.63) is 0 Å². The maximum Gasteiger partial charge on any atom is 0.223 e. The minimum absolute atomic E-state index is 0.308. The minimum atomic E-state index is 0.308. The highest BCUT2D eigenvalue weighted by Gasteiger charge is 2.39. The first-order chi connectivity index (χ1) is 8.20. The molecule has 98 valence electrons. The van der Waals surface area contributed by atoms with Crippen LogP contribution in [-0.2, 0) is 4.79 Å². The van der Waals surface area contributed by atoms with Gasteiger partial charge in [0.2, 0.25) is 5.91 Å². The van der Waals surface area contributed by atoms with E-state index in [0.717, 1.165) is 25.8 Å². The molecule has 0 radical (unpaired) electrons. The highest BCUT2D eigenvalue weighted by Crippen LogP contribution is 2.38. The van der Waals surface area contributed by atoms with E-state index in [1.165, 1.54) is 19.3 Å². The van der Waals surface area contributed by atoms with Gasteiger partial charge in [-0.1, -0.05) is 13.8 Å². The molecule has 3 heteroatoms. The van der Waals surface area contributed by atoms with E-state index in [1.54, 1.807) is 0 Å². The lowest BCUT2D eigenvalue weighted by Crippen LogP contribution is -2.42. The molecular formula is C14H26N2O. The Bertz CT molecular complexity index is 259. The molecule has 0 spiro atoms. The third kappa shape index (κ3) is 3.70. The number of carbonyl (C=O) groups is 1. The summed E-state index contributed by atoms with van der Waals surface area (Å²) >= 11 is 0. The van der Waals surface area contributed by atoms with Gasteiger partial charge in [-0.3, -0.25) is 4.79 Å². The number of rotatable bonds is 5. The van der Waals surface area contributed by atoms with Gasteiger partial charge in [0.1, 0.15) is 0 Å². The fourth-order valence-corrected chi connectivity index (χ4v) is 2.79. The van der Waals surface area contributed by atoms with Gasteiger partial charge in [0, 0.05) is 18.0 Å². The first kappa shape index (κ1) is 12.9. The number of hydrogen-bond acceptors (Lipinski definition) is 2. The molecule has 0 aromatic carbocycles. The molecule has 2 atom stereocenters. The second-order valence-electron chi connectivity index (χ2n) is 5.83. The maximum atomic E-state index is 11.8. The standard InChI is InChI=1S/C14H26N2O/c1-3-8-15-11-4-6-12(7-5-11)16-14(17)13-9-10(13)2/h10-13,15H,3-9H2,1-2H3,(H,16,17). The van der Waals surface area contributed by atoms with Gasteiger partial charge in [0.05, 0.1) is 0 Å². The normalized spacial score (nSPS) is 36.6. The van der Waals surface area contributed by atoms with Crippen LogP contribution in [-0.4, -0.2) is 24.5 Å². The summed E-state index contributed by atoms with van der Waals surface area (Å²) in [6, 6.07) is 1.12. The van der Waals surface area contributed by atoms with E-state index in [1.807, 2.05) is 0 Å². The Morgan fingerprint density at radius 1 is 1.18 bits per heavy atom. The van der Waals surface area contributed by atoms with Crippen molar-refractivity contribution < 1.29 is 4.79 Å². The smallest absolute Gasteiger partial charge is 0.223 e. The van der Waals surface area contributed by atoms with Crippen LogP contribution in [0.25, 0.3) is 0 Å². The Morgan fingerprint density at radius 2 is 1.76 bits per heavy atom. The third-order valence-corrected chi connectivity index (χ3v) is 4.20. The van der Waals surface area contributed by atoms with Crippen molar-refractivity contribution in [1.29, 1.82) is 0 Å². The Kier molecular flexibility index (Phi) is 4.43. The molecule has 2 aliphatic rings. The van der Waals surface area contributed by atoms with E-state index in [4.69, 9.17) is 0 Å². The lowest BCUT2D eigenvalue weighted by Gasteiger charge is -2.29. The molecule has 2 saturated carbocycles. The van der Waals surface area contributed by atoms with Crippen molar-refractivity contribution in [1.82, 2.24) is 10.6 Å². The predicted molar refractivity (Wildman–Crippen MR) is 69.8 cm³/mol. The van der Waals surface area contributed by atoms with Crippen LogP contribution in [0.3, 0.4) is 0 Å². The van der Waals surface area contributed by atoms with Gasteiger partial charge in [-0.05, 0) is 51.0 Å². The zero-order chi connectivity index (χ0) is 12.3. The van der Waals surface area contributed by atoms with Gasteiger partial charge in [0.15, 0.2) is 0 Å². The minimum Gasteiger partial charge on any atom is -0.353 e. The summed E-state index contributed by atoms with van der Waals surface area (Å²) in [6.07, 6.45) is 7.02. The Labute approximate surface area is 105 Å². The van der Waals surface area contributed by atoms with Crippen molar-refractivity contribution in [3.63, 3.8) is 0 Å². The fraction of sp³-hybridized carbons (Fsp3) is 0.929. The summed E-state index contributed by atoms with van der Waals surface area (Å²) in [6.45, 7) is 5.49. The summed E-state index contributed by atoms with van der Waals surface area (Å²) < 4.78 is 0. The van der Waals surface area contributed by atoms with Gasteiger partial charge < -0.3 is 10.6 Å². The van der Waals surface area contributed by atoms with Crippen LogP contribution in [0.2, 0.25) is 0 Å². The summed E-state index contributed by atoms with van der Waals surface area (Å²) in [4.78, 5) is 11.8. The average molecular weight is 238 g/mol. The topological polar surface area (TPSA) is 41.1 Å². The molecule has 0 aromatic heterocycles. The fourth-order valence-electron chi connectivity index (χ4n) is 2.79. The number of amides is 1. The van der Waals surface area contributed by atoms with Crippen molar-refractivity contribution in [2.24, 2.45) is 11.8 Å². The van der Waals surface area contributed by atoms with Crippen molar-refractivity contribution in [2.45, 2.75) is 64.5 Å². The number of nitrogens with one attached hydrogen (secondary N) is 2. The Balaban J connectivity index is 1.63. The molecule has 0 bridgehead atoms.